The summed E-state index contributed by atoms with van der Waals surface area (Å²) in [6.07, 6.45) is 1.90. The van der Waals surface area contributed by atoms with E-state index in [1.165, 1.54) is 23.9 Å². The highest BCUT2D eigenvalue weighted by atomic mass is 35.5. The minimum Gasteiger partial charge on any atom is -0.487 e. The van der Waals surface area contributed by atoms with Crippen molar-refractivity contribution in [3.8, 4) is 5.75 Å². The first-order valence-corrected chi connectivity index (χ1v) is 11.0. The van der Waals surface area contributed by atoms with E-state index in [2.05, 4.69) is 4.99 Å². The van der Waals surface area contributed by atoms with Crippen LogP contribution < -0.4 is 4.74 Å². The van der Waals surface area contributed by atoms with Crippen LogP contribution >= 0.6 is 23.4 Å². The second kappa shape index (κ2) is 9.16. The van der Waals surface area contributed by atoms with Gasteiger partial charge >= 0.3 is 5.97 Å². The third-order valence-corrected chi connectivity index (χ3v) is 5.96. The summed E-state index contributed by atoms with van der Waals surface area (Å²) >= 11 is 8.01. The lowest BCUT2D eigenvalue weighted by Gasteiger charge is -2.33. The number of hydrogen-bond acceptors (Lipinski definition) is 6. The van der Waals surface area contributed by atoms with E-state index in [1.54, 1.807) is 31.2 Å². The van der Waals surface area contributed by atoms with Gasteiger partial charge in [0.25, 0.3) is 0 Å². The van der Waals surface area contributed by atoms with Gasteiger partial charge in [-0.1, -0.05) is 41.6 Å². The zero-order valence-electron chi connectivity index (χ0n) is 17.0. The van der Waals surface area contributed by atoms with Gasteiger partial charge in [-0.2, -0.15) is 0 Å². The van der Waals surface area contributed by atoms with Crippen molar-refractivity contribution < 1.29 is 18.7 Å². The Morgan fingerprint density at radius 1 is 1.26 bits per heavy atom. The van der Waals surface area contributed by atoms with Crippen LogP contribution in [-0.2, 0) is 16.1 Å². The number of esters is 1. The number of halogens is 2. The summed E-state index contributed by atoms with van der Waals surface area (Å²) in [5.74, 6) is -0.188. The van der Waals surface area contributed by atoms with Crippen molar-refractivity contribution in [1.29, 1.82) is 0 Å². The number of amidine groups is 1. The zero-order chi connectivity index (χ0) is 22.0. The number of benzene rings is 2. The Morgan fingerprint density at radius 2 is 2.03 bits per heavy atom. The predicted octanol–water partition coefficient (Wildman–Crippen LogP) is 5.83. The molecule has 2 aromatic rings. The van der Waals surface area contributed by atoms with Crippen molar-refractivity contribution in [2.75, 3.05) is 6.61 Å². The molecule has 0 radical (unpaired) electrons. The van der Waals surface area contributed by atoms with E-state index in [9.17, 15) is 9.18 Å². The number of carbonyl (C=O) groups excluding carboxylic acids is 1. The first-order valence-electron chi connectivity index (χ1n) is 9.73. The Hall–Kier alpha value is -2.77. The van der Waals surface area contributed by atoms with Crippen LogP contribution in [0.25, 0.3) is 0 Å². The molecule has 2 aromatic carbocycles. The summed E-state index contributed by atoms with van der Waals surface area (Å²) in [7, 11) is 0. The molecular weight excluding hydrogens is 439 g/mol. The van der Waals surface area contributed by atoms with Crippen LogP contribution in [0.1, 0.15) is 31.0 Å². The number of thioether (sulfide) groups is 1. The lowest BCUT2D eigenvalue weighted by atomic mass is 9.94. The molecule has 2 aliphatic heterocycles. The SMILES string of the molecule is CCOC(=O)C1=C(C)N=C2SC=CN2[C@H]1c1ccc(OCc2ccc(F)cc2)c(Cl)c1. The number of aliphatic imine (C=N–C) groups is 1. The van der Waals surface area contributed by atoms with Gasteiger partial charge in [0.15, 0.2) is 5.17 Å². The predicted molar refractivity (Wildman–Crippen MR) is 120 cm³/mol. The second-order valence-corrected chi connectivity index (χ2v) is 8.21. The molecule has 0 unspecified atom stereocenters. The fourth-order valence-corrected chi connectivity index (χ4v) is 4.48. The molecule has 4 rings (SSSR count). The maximum Gasteiger partial charge on any atom is 0.338 e. The summed E-state index contributed by atoms with van der Waals surface area (Å²) in [6, 6.07) is 11.1. The summed E-state index contributed by atoms with van der Waals surface area (Å²) in [6.45, 7) is 4.12. The normalized spacial score (nSPS) is 17.5. The zero-order valence-corrected chi connectivity index (χ0v) is 18.5. The summed E-state index contributed by atoms with van der Waals surface area (Å²) in [5.41, 5.74) is 2.76. The Kier molecular flexibility index (Phi) is 6.34. The Labute approximate surface area is 189 Å². The molecule has 0 fully saturated rings. The lowest BCUT2D eigenvalue weighted by Crippen LogP contribution is -2.34. The molecule has 1 atom stereocenters. The number of rotatable bonds is 6. The van der Waals surface area contributed by atoms with Crippen molar-refractivity contribution in [3.05, 3.63) is 87.3 Å². The molecule has 2 heterocycles. The van der Waals surface area contributed by atoms with Gasteiger partial charge in [-0.25, -0.2) is 14.2 Å². The molecule has 0 spiro atoms. The molecule has 0 saturated carbocycles. The first-order chi connectivity index (χ1) is 15.0. The summed E-state index contributed by atoms with van der Waals surface area (Å²) in [5, 5.41) is 3.14. The van der Waals surface area contributed by atoms with E-state index in [0.717, 1.165) is 16.3 Å². The minimum atomic E-state index is -0.401. The van der Waals surface area contributed by atoms with E-state index in [4.69, 9.17) is 21.1 Å². The highest BCUT2D eigenvalue weighted by Crippen LogP contribution is 2.42. The van der Waals surface area contributed by atoms with E-state index >= 15 is 0 Å². The fourth-order valence-electron chi connectivity index (χ4n) is 3.44. The first kappa shape index (κ1) is 21.5. The van der Waals surface area contributed by atoms with Crippen molar-refractivity contribution in [1.82, 2.24) is 4.90 Å². The smallest absolute Gasteiger partial charge is 0.338 e. The van der Waals surface area contributed by atoms with Crippen molar-refractivity contribution >= 4 is 34.5 Å². The number of carbonyl (C=O) groups is 1. The molecule has 31 heavy (non-hydrogen) atoms. The van der Waals surface area contributed by atoms with Crippen molar-refractivity contribution in [3.63, 3.8) is 0 Å². The number of fused-ring (bicyclic) bond motifs is 1. The van der Waals surface area contributed by atoms with Gasteiger partial charge in [0, 0.05) is 6.20 Å². The Morgan fingerprint density at radius 3 is 2.74 bits per heavy atom. The quantitative estimate of drug-likeness (QED) is 0.510. The summed E-state index contributed by atoms with van der Waals surface area (Å²) < 4.78 is 24.2. The van der Waals surface area contributed by atoms with Crippen LogP contribution in [0, 0.1) is 5.82 Å². The van der Waals surface area contributed by atoms with E-state index < -0.39 is 12.0 Å². The van der Waals surface area contributed by atoms with E-state index in [0.29, 0.717) is 22.0 Å². The second-order valence-electron chi connectivity index (χ2n) is 6.93. The van der Waals surface area contributed by atoms with Crippen LogP contribution in [0.4, 0.5) is 4.39 Å². The average Bonchev–Trinajstić information content (AvgIpc) is 3.21. The van der Waals surface area contributed by atoms with Gasteiger partial charge in [-0.05, 0) is 54.6 Å². The molecule has 0 aromatic heterocycles. The van der Waals surface area contributed by atoms with Gasteiger partial charge < -0.3 is 14.4 Å². The summed E-state index contributed by atoms with van der Waals surface area (Å²) in [4.78, 5) is 19.2. The standard InChI is InChI=1S/C23H20ClFN2O3S/c1-3-29-22(28)20-14(2)26-23-27(10-11-31-23)21(20)16-6-9-19(18(24)12-16)30-13-15-4-7-17(25)8-5-15/h4-12,21H,3,13H2,1-2H3/t21-/m0/s1. The fraction of sp³-hybridized carbons (Fsp3) is 0.217. The molecule has 2 aliphatic rings. The molecule has 5 nitrogen and oxygen atoms in total. The Balaban J connectivity index is 1.62. The molecule has 160 valence electrons. The van der Waals surface area contributed by atoms with Crippen molar-refractivity contribution in [2.24, 2.45) is 4.99 Å². The average molecular weight is 459 g/mol. The molecule has 0 aliphatic carbocycles. The molecule has 0 N–H and O–H groups in total. The number of hydrogen-bond donors (Lipinski definition) is 0. The molecule has 8 heteroatoms. The van der Waals surface area contributed by atoms with Gasteiger partial charge in [0.1, 0.15) is 18.2 Å². The molecule has 0 saturated heterocycles. The lowest BCUT2D eigenvalue weighted by molar-refractivity contribution is -0.139. The maximum absolute atomic E-state index is 13.1. The number of nitrogens with zero attached hydrogens (tertiary/aromatic N) is 2. The maximum atomic E-state index is 13.1. The van der Waals surface area contributed by atoms with Crippen LogP contribution in [0.3, 0.4) is 0 Å². The number of allylic oxidation sites excluding steroid dienone is 1. The third kappa shape index (κ3) is 4.48. The highest BCUT2D eigenvalue weighted by molar-refractivity contribution is 8.16. The van der Waals surface area contributed by atoms with Gasteiger partial charge in [0.05, 0.1) is 28.9 Å². The Bertz CT molecular complexity index is 1100. The molecule has 0 bridgehead atoms. The molecular formula is C23H20ClFN2O3S. The van der Waals surface area contributed by atoms with E-state index in [1.807, 2.05) is 29.5 Å². The van der Waals surface area contributed by atoms with Crippen molar-refractivity contribution in [2.45, 2.75) is 26.5 Å². The van der Waals surface area contributed by atoms with Gasteiger partial charge in [-0.15, -0.1) is 0 Å². The topological polar surface area (TPSA) is 51.1 Å². The largest absolute Gasteiger partial charge is 0.487 e. The minimum absolute atomic E-state index is 0.262. The van der Waals surface area contributed by atoms with Gasteiger partial charge in [-0.3, -0.25) is 0 Å². The highest BCUT2D eigenvalue weighted by Gasteiger charge is 2.37. The third-order valence-electron chi connectivity index (χ3n) is 4.90. The van der Waals surface area contributed by atoms with E-state index in [-0.39, 0.29) is 19.0 Å². The van der Waals surface area contributed by atoms with Crippen LogP contribution in [-0.4, -0.2) is 22.6 Å². The van der Waals surface area contributed by atoms with Crippen LogP contribution in [0.2, 0.25) is 5.02 Å². The monoisotopic (exact) mass is 458 g/mol. The number of ether oxygens (including phenoxy) is 2. The van der Waals surface area contributed by atoms with Crippen LogP contribution in [0.5, 0.6) is 5.75 Å². The molecule has 0 amide bonds. The van der Waals surface area contributed by atoms with Crippen LogP contribution in [0.15, 0.2) is 70.3 Å². The van der Waals surface area contributed by atoms with Gasteiger partial charge in [0.2, 0.25) is 0 Å².